The van der Waals surface area contributed by atoms with Gasteiger partial charge in [0.2, 0.25) is 5.91 Å². The monoisotopic (exact) mass is 346 g/mol. The molecule has 0 aromatic heterocycles. The normalized spacial score (nSPS) is 21.7. The minimum Gasteiger partial charge on any atom is -0.392 e. The third-order valence-electron chi connectivity index (χ3n) is 5.35. The minimum absolute atomic E-state index is 0.0384. The van der Waals surface area contributed by atoms with Crippen molar-refractivity contribution in [2.24, 2.45) is 5.92 Å². The summed E-state index contributed by atoms with van der Waals surface area (Å²) in [6.45, 7) is 2.34. The Morgan fingerprint density at radius 3 is 2.44 bits per heavy atom. The number of β-amino-alcohol motifs (C(OH)–C–C–N with tert-alkyl or cyclic N) is 1. The molecule has 1 saturated carbocycles. The number of nitrogens with one attached hydrogen (secondary N) is 1. The van der Waals surface area contributed by atoms with Crippen LogP contribution < -0.4 is 5.32 Å². The van der Waals surface area contributed by atoms with Crippen LogP contribution in [0, 0.1) is 5.92 Å². The van der Waals surface area contributed by atoms with Gasteiger partial charge in [-0.15, -0.1) is 0 Å². The zero-order valence-electron chi connectivity index (χ0n) is 14.8. The van der Waals surface area contributed by atoms with E-state index in [2.05, 4.69) is 22.3 Å². The first-order chi connectivity index (χ1) is 12.1. The number of aliphatic hydroxyl groups excluding tert-OH is 2. The maximum absolute atomic E-state index is 12.0. The Kier molecular flexibility index (Phi) is 6.45. The van der Waals surface area contributed by atoms with Gasteiger partial charge in [0.05, 0.1) is 6.10 Å². The first-order valence-corrected chi connectivity index (χ1v) is 9.54. The number of piperidine rings is 1. The van der Waals surface area contributed by atoms with E-state index in [-0.39, 0.29) is 17.9 Å². The van der Waals surface area contributed by atoms with Crippen LogP contribution >= 0.6 is 0 Å². The highest BCUT2D eigenvalue weighted by Gasteiger charge is 2.33. The van der Waals surface area contributed by atoms with E-state index in [1.54, 1.807) is 0 Å². The smallest absolute Gasteiger partial charge is 0.249 e. The predicted molar refractivity (Wildman–Crippen MR) is 97.1 cm³/mol. The number of carbonyl (C=O) groups is 1. The number of rotatable bonds is 8. The van der Waals surface area contributed by atoms with E-state index < -0.39 is 6.10 Å². The first-order valence-electron chi connectivity index (χ1n) is 9.54. The van der Waals surface area contributed by atoms with Crippen LogP contribution in [0.15, 0.2) is 30.3 Å². The lowest BCUT2D eigenvalue weighted by Crippen LogP contribution is -2.46. The molecular formula is C20H30N2O3. The number of likely N-dealkylation sites (tertiary alicyclic amines) is 1. The fourth-order valence-corrected chi connectivity index (χ4v) is 3.55. The lowest BCUT2D eigenvalue weighted by atomic mass is 9.90. The number of aryl methyl sites for hydroxylation is 1. The van der Waals surface area contributed by atoms with Crippen LogP contribution in [0.1, 0.15) is 37.7 Å². The molecule has 1 aliphatic heterocycles. The second-order valence-electron chi connectivity index (χ2n) is 7.54. The molecule has 138 valence electrons. The van der Waals surface area contributed by atoms with Crippen LogP contribution in [0.3, 0.4) is 0 Å². The van der Waals surface area contributed by atoms with Gasteiger partial charge < -0.3 is 20.4 Å². The molecule has 2 fully saturated rings. The van der Waals surface area contributed by atoms with Gasteiger partial charge in [0, 0.05) is 12.6 Å². The van der Waals surface area contributed by atoms with Gasteiger partial charge in [-0.3, -0.25) is 4.79 Å². The van der Waals surface area contributed by atoms with Gasteiger partial charge in [0.15, 0.2) is 0 Å². The number of amides is 1. The molecule has 5 nitrogen and oxygen atoms in total. The van der Waals surface area contributed by atoms with E-state index in [4.69, 9.17) is 0 Å². The zero-order valence-corrected chi connectivity index (χ0v) is 14.8. The van der Waals surface area contributed by atoms with Crippen molar-refractivity contribution in [1.82, 2.24) is 10.2 Å². The van der Waals surface area contributed by atoms with Crippen LogP contribution in [-0.2, 0) is 11.2 Å². The number of benzene rings is 1. The Hall–Kier alpha value is -1.43. The van der Waals surface area contributed by atoms with Crippen molar-refractivity contribution in [3.05, 3.63) is 35.9 Å². The van der Waals surface area contributed by atoms with Gasteiger partial charge in [0.1, 0.15) is 6.10 Å². The molecule has 3 rings (SSSR count). The number of hydrogen-bond donors (Lipinski definition) is 3. The second-order valence-corrected chi connectivity index (χ2v) is 7.54. The Morgan fingerprint density at radius 2 is 1.80 bits per heavy atom. The van der Waals surface area contributed by atoms with Gasteiger partial charge in [-0.25, -0.2) is 0 Å². The third kappa shape index (κ3) is 5.80. The summed E-state index contributed by atoms with van der Waals surface area (Å²) < 4.78 is 0. The number of aliphatic hydroxyl groups is 2. The molecular weight excluding hydrogens is 316 g/mol. The first kappa shape index (κ1) is 18.4. The molecule has 0 spiro atoms. The Labute approximate surface area is 150 Å². The fraction of sp³-hybridized carbons (Fsp3) is 0.650. The van der Waals surface area contributed by atoms with Crippen molar-refractivity contribution in [2.45, 2.75) is 56.8 Å². The molecule has 1 aromatic carbocycles. The quantitative estimate of drug-likeness (QED) is 0.664. The summed E-state index contributed by atoms with van der Waals surface area (Å²) in [4.78, 5) is 14.2. The molecule has 0 bridgehead atoms. The fourth-order valence-electron chi connectivity index (χ4n) is 3.55. The van der Waals surface area contributed by atoms with E-state index in [0.29, 0.717) is 12.6 Å². The number of hydrogen-bond acceptors (Lipinski definition) is 4. The Bertz CT molecular complexity index is 539. The molecule has 1 aromatic rings. The van der Waals surface area contributed by atoms with Crippen molar-refractivity contribution >= 4 is 5.91 Å². The molecule has 2 atom stereocenters. The van der Waals surface area contributed by atoms with E-state index in [0.717, 1.165) is 51.6 Å². The van der Waals surface area contributed by atoms with Crippen LogP contribution in [0.25, 0.3) is 0 Å². The van der Waals surface area contributed by atoms with Crippen LogP contribution in [-0.4, -0.2) is 58.9 Å². The summed E-state index contributed by atoms with van der Waals surface area (Å²) in [7, 11) is 0. The van der Waals surface area contributed by atoms with Crippen LogP contribution in [0.5, 0.6) is 0 Å². The molecule has 1 amide bonds. The van der Waals surface area contributed by atoms with Crippen molar-refractivity contribution in [3.63, 3.8) is 0 Å². The van der Waals surface area contributed by atoms with Gasteiger partial charge in [-0.2, -0.15) is 0 Å². The predicted octanol–water partition coefficient (Wildman–Crippen LogP) is 1.33. The summed E-state index contributed by atoms with van der Waals surface area (Å²) in [5.74, 6) is -0.166. The van der Waals surface area contributed by atoms with Gasteiger partial charge in [0.25, 0.3) is 0 Å². The summed E-state index contributed by atoms with van der Waals surface area (Å²) in [6, 6.07) is 10.5. The van der Waals surface area contributed by atoms with Crippen LogP contribution in [0.2, 0.25) is 0 Å². The van der Waals surface area contributed by atoms with Crippen molar-refractivity contribution in [1.29, 1.82) is 0 Å². The molecule has 1 saturated heterocycles. The summed E-state index contributed by atoms with van der Waals surface area (Å²) in [5, 5.41) is 23.4. The van der Waals surface area contributed by atoms with E-state index >= 15 is 0 Å². The molecule has 5 heteroatoms. The molecule has 2 aliphatic rings. The van der Waals surface area contributed by atoms with Crippen molar-refractivity contribution < 1.29 is 15.0 Å². The average molecular weight is 346 g/mol. The topological polar surface area (TPSA) is 72.8 Å². The molecule has 1 heterocycles. The van der Waals surface area contributed by atoms with Crippen molar-refractivity contribution in [2.75, 3.05) is 19.6 Å². The number of nitrogens with zero attached hydrogens (tertiary/aromatic N) is 1. The summed E-state index contributed by atoms with van der Waals surface area (Å²) >= 11 is 0. The standard InChI is InChI=1S/C20H30N2O3/c23-18(9-6-15-4-2-1-3-5-15)14-22-12-10-16(11-13-22)19(24)20(25)21-17-7-8-17/h1-5,16-19,23-24H,6-14H2,(H,21,25)/t18-,19+/m1/s1. The van der Waals surface area contributed by atoms with Crippen molar-refractivity contribution in [3.8, 4) is 0 Å². The van der Waals surface area contributed by atoms with Gasteiger partial charge in [-0.05, 0) is 63.1 Å². The highest BCUT2D eigenvalue weighted by molar-refractivity contribution is 5.81. The molecule has 0 radical (unpaired) electrons. The maximum Gasteiger partial charge on any atom is 0.249 e. The van der Waals surface area contributed by atoms with E-state index in [9.17, 15) is 15.0 Å². The molecule has 1 aliphatic carbocycles. The largest absolute Gasteiger partial charge is 0.392 e. The highest BCUT2D eigenvalue weighted by atomic mass is 16.3. The molecule has 3 N–H and O–H groups in total. The summed E-state index contributed by atoms with van der Waals surface area (Å²) in [5.41, 5.74) is 1.25. The SMILES string of the molecule is O=C(NC1CC1)[C@@H](O)C1CCN(C[C@H](O)CCc2ccccc2)CC1. The average Bonchev–Trinajstić information content (AvgIpc) is 3.45. The lowest BCUT2D eigenvalue weighted by molar-refractivity contribution is -0.133. The third-order valence-corrected chi connectivity index (χ3v) is 5.35. The number of carbonyl (C=O) groups excluding carboxylic acids is 1. The Morgan fingerprint density at radius 1 is 1.12 bits per heavy atom. The lowest BCUT2D eigenvalue weighted by Gasteiger charge is -2.34. The second kappa shape index (κ2) is 8.79. The Balaban J connectivity index is 1.34. The minimum atomic E-state index is -0.884. The maximum atomic E-state index is 12.0. The van der Waals surface area contributed by atoms with Gasteiger partial charge >= 0.3 is 0 Å². The van der Waals surface area contributed by atoms with Gasteiger partial charge in [-0.1, -0.05) is 30.3 Å². The molecule has 25 heavy (non-hydrogen) atoms. The highest BCUT2D eigenvalue weighted by Crippen LogP contribution is 2.23. The zero-order chi connectivity index (χ0) is 17.6. The molecule has 0 unspecified atom stereocenters. The van der Waals surface area contributed by atoms with Crippen LogP contribution in [0.4, 0.5) is 0 Å². The van der Waals surface area contributed by atoms with E-state index in [1.165, 1.54) is 5.56 Å². The summed E-state index contributed by atoms with van der Waals surface area (Å²) in [6.07, 6.45) is 4.13. The van der Waals surface area contributed by atoms with E-state index in [1.807, 2.05) is 18.2 Å².